The summed E-state index contributed by atoms with van der Waals surface area (Å²) in [6.07, 6.45) is 1.99. The minimum Gasteiger partial charge on any atom is -0.357 e. The molecule has 0 saturated heterocycles. The molecule has 0 atom stereocenters. The van der Waals surface area contributed by atoms with Crippen molar-refractivity contribution in [3.05, 3.63) is 29.7 Å². The molecule has 2 rings (SSSR count). The van der Waals surface area contributed by atoms with E-state index in [1.54, 1.807) is 0 Å². The molecule has 10 heavy (non-hydrogen) atoms. The van der Waals surface area contributed by atoms with E-state index < -0.39 is 0 Å². The van der Waals surface area contributed by atoms with Crippen LogP contribution in [0, 0.1) is 6.92 Å². The van der Waals surface area contributed by atoms with Gasteiger partial charge in [-0.3, -0.25) is 0 Å². The molecule has 1 nitrogen and oxygen atoms in total. The number of hydrogen-bond donors (Lipinski definition) is 1. The maximum Gasteiger partial charge on any atom is 0.0729 e. The second-order valence-corrected chi connectivity index (χ2v) is 3.39. The average Bonchev–Trinajstić information content (AvgIpc) is 2.33. The average molecular weight is 149 g/mol. The minimum atomic E-state index is 1.29. The first-order valence-corrected chi connectivity index (χ1v) is 4.22. The summed E-state index contributed by atoms with van der Waals surface area (Å²) in [4.78, 5) is 3.19. The molecule has 0 bridgehead atoms. The van der Waals surface area contributed by atoms with E-state index in [4.69, 9.17) is 0 Å². The Balaban J connectivity index is 2.86. The van der Waals surface area contributed by atoms with Crippen LogP contribution in [0.1, 0.15) is 5.56 Å². The third-order valence-electron chi connectivity index (χ3n) is 1.54. The van der Waals surface area contributed by atoms with Gasteiger partial charge in [0.1, 0.15) is 0 Å². The number of aromatic nitrogens is 1. The van der Waals surface area contributed by atoms with Crippen LogP contribution in [-0.2, 0) is 0 Å². The Morgan fingerprint density at radius 2 is 2.40 bits per heavy atom. The highest BCUT2D eigenvalue weighted by Crippen LogP contribution is 2.22. The van der Waals surface area contributed by atoms with Gasteiger partial charge in [0.2, 0.25) is 0 Å². The lowest BCUT2D eigenvalue weighted by molar-refractivity contribution is 1.50. The maximum absolute atomic E-state index is 3.19. The van der Waals surface area contributed by atoms with Crippen LogP contribution in [0.25, 0.3) is 10.6 Å². The van der Waals surface area contributed by atoms with E-state index in [2.05, 4.69) is 29.8 Å². The van der Waals surface area contributed by atoms with Crippen molar-refractivity contribution < 1.29 is 0 Å². The molecule has 0 aliphatic heterocycles. The second kappa shape index (κ2) is 2.10. The summed E-state index contributed by atoms with van der Waals surface area (Å²) >= 11 is 0. The van der Waals surface area contributed by atoms with E-state index in [0.717, 1.165) is 0 Å². The topological polar surface area (TPSA) is 15.8 Å². The predicted octanol–water partition coefficient (Wildman–Crippen LogP) is 3.06. The van der Waals surface area contributed by atoms with Crippen LogP contribution < -0.4 is 0 Å². The van der Waals surface area contributed by atoms with E-state index in [9.17, 15) is 0 Å². The van der Waals surface area contributed by atoms with Crippen molar-refractivity contribution in [2.75, 3.05) is 0 Å². The van der Waals surface area contributed by atoms with Gasteiger partial charge in [-0.2, -0.15) is 0 Å². The molecule has 2 aromatic heterocycles. The molecule has 2 aromatic rings. The number of aromatic amines is 1. The molecular weight excluding hydrogens is 141 g/mol. The Kier molecular flexibility index (Phi) is 1.25. The summed E-state index contributed by atoms with van der Waals surface area (Å²) < 4.78 is 0. The SMILES string of the molecule is Cc1cpc2[nH]ccc2c1. The van der Waals surface area contributed by atoms with Crippen molar-refractivity contribution in [1.82, 2.24) is 4.98 Å². The van der Waals surface area contributed by atoms with E-state index in [1.807, 2.05) is 6.20 Å². The first-order valence-electron chi connectivity index (χ1n) is 3.26. The van der Waals surface area contributed by atoms with Gasteiger partial charge < -0.3 is 4.98 Å². The van der Waals surface area contributed by atoms with E-state index in [1.165, 1.54) is 24.4 Å². The van der Waals surface area contributed by atoms with Crippen molar-refractivity contribution in [2.45, 2.75) is 6.92 Å². The number of fused-ring (bicyclic) bond motifs is 1. The normalized spacial score (nSPS) is 11.3. The lowest BCUT2D eigenvalue weighted by Crippen LogP contribution is -1.64. The monoisotopic (exact) mass is 149 g/mol. The molecule has 0 aliphatic carbocycles. The van der Waals surface area contributed by atoms with Crippen molar-refractivity contribution >= 4 is 18.8 Å². The minimum absolute atomic E-state index is 1.29. The van der Waals surface area contributed by atoms with Crippen LogP contribution in [0.4, 0.5) is 0 Å². The van der Waals surface area contributed by atoms with Crippen LogP contribution in [-0.4, -0.2) is 4.98 Å². The number of nitrogens with one attached hydrogen (secondary N) is 1. The number of H-pyrrole nitrogens is 1. The zero-order valence-corrected chi connectivity index (χ0v) is 6.65. The van der Waals surface area contributed by atoms with Gasteiger partial charge in [0, 0.05) is 11.6 Å². The Hall–Kier alpha value is -0.810. The molecule has 0 aromatic carbocycles. The van der Waals surface area contributed by atoms with Gasteiger partial charge in [0.15, 0.2) is 0 Å². The van der Waals surface area contributed by atoms with Gasteiger partial charge in [-0.05, 0) is 38.6 Å². The highest BCUT2D eigenvalue weighted by molar-refractivity contribution is 7.35. The van der Waals surface area contributed by atoms with Crippen LogP contribution in [0.3, 0.4) is 0 Å². The molecule has 0 unspecified atom stereocenters. The zero-order valence-electron chi connectivity index (χ0n) is 5.76. The van der Waals surface area contributed by atoms with Crippen molar-refractivity contribution in [3.8, 4) is 0 Å². The van der Waals surface area contributed by atoms with Gasteiger partial charge in [-0.15, -0.1) is 0 Å². The summed E-state index contributed by atoms with van der Waals surface area (Å²) in [6.45, 7) is 2.13. The van der Waals surface area contributed by atoms with E-state index in [0.29, 0.717) is 0 Å². The number of hydrogen-bond acceptors (Lipinski definition) is 0. The molecule has 0 spiro atoms. The van der Waals surface area contributed by atoms with Gasteiger partial charge in [-0.1, -0.05) is 0 Å². The number of aryl methyl sites for hydroxylation is 1. The van der Waals surface area contributed by atoms with Crippen molar-refractivity contribution in [3.63, 3.8) is 0 Å². The van der Waals surface area contributed by atoms with E-state index in [-0.39, 0.29) is 0 Å². The second-order valence-electron chi connectivity index (χ2n) is 2.43. The summed E-state index contributed by atoms with van der Waals surface area (Å²) in [5.74, 6) is 2.21. The van der Waals surface area contributed by atoms with Gasteiger partial charge >= 0.3 is 0 Å². The lowest BCUT2D eigenvalue weighted by Gasteiger charge is -1.89. The standard InChI is InChI=1S/C8H8NP/c1-6-4-7-2-3-9-8(7)10-5-6/h2-5,9H,1H3. The maximum atomic E-state index is 3.19. The molecule has 0 fully saturated rings. The molecular formula is C8H8NP. The fraction of sp³-hybridized carbons (Fsp3) is 0.125. The Labute approximate surface area is 61.2 Å². The highest BCUT2D eigenvalue weighted by Gasteiger charge is 1.91. The Morgan fingerprint density at radius 1 is 1.50 bits per heavy atom. The lowest BCUT2D eigenvalue weighted by atomic mass is 10.3. The van der Waals surface area contributed by atoms with Crippen LogP contribution in [0.5, 0.6) is 0 Å². The van der Waals surface area contributed by atoms with Crippen LogP contribution in [0.2, 0.25) is 0 Å². The fourth-order valence-electron chi connectivity index (χ4n) is 1.05. The highest BCUT2D eigenvalue weighted by atomic mass is 31.0. The first-order chi connectivity index (χ1) is 4.86. The van der Waals surface area contributed by atoms with Gasteiger partial charge in [0.05, 0.1) is 5.25 Å². The summed E-state index contributed by atoms with van der Waals surface area (Å²) in [5.41, 5.74) is 1.36. The quantitative estimate of drug-likeness (QED) is 0.592. The molecule has 0 aliphatic rings. The third kappa shape index (κ3) is 0.833. The molecule has 1 N–H and O–H groups in total. The molecule has 0 saturated carbocycles. The first kappa shape index (κ1) is 5.94. The van der Waals surface area contributed by atoms with Crippen molar-refractivity contribution in [1.29, 1.82) is 0 Å². The third-order valence-corrected chi connectivity index (χ3v) is 2.72. The summed E-state index contributed by atoms with van der Waals surface area (Å²) in [7, 11) is 1.29. The summed E-state index contributed by atoms with van der Waals surface area (Å²) in [6, 6.07) is 4.31. The number of rotatable bonds is 0. The Bertz CT molecular complexity index is 351. The molecule has 0 radical (unpaired) electrons. The van der Waals surface area contributed by atoms with Gasteiger partial charge in [-0.25, -0.2) is 0 Å². The van der Waals surface area contributed by atoms with Gasteiger partial charge in [0.25, 0.3) is 0 Å². The smallest absolute Gasteiger partial charge is 0.0729 e. The molecule has 0 amide bonds. The largest absolute Gasteiger partial charge is 0.357 e. The summed E-state index contributed by atoms with van der Waals surface area (Å²) in [5, 5.41) is 2.65. The van der Waals surface area contributed by atoms with Crippen LogP contribution >= 0.6 is 8.19 Å². The van der Waals surface area contributed by atoms with E-state index >= 15 is 0 Å². The predicted molar refractivity (Wildman–Crippen MR) is 45.5 cm³/mol. The van der Waals surface area contributed by atoms with Crippen LogP contribution in [0.15, 0.2) is 24.1 Å². The zero-order chi connectivity index (χ0) is 6.97. The Morgan fingerprint density at radius 3 is 3.30 bits per heavy atom. The van der Waals surface area contributed by atoms with Crippen molar-refractivity contribution in [2.24, 2.45) is 0 Å². The molecule has 2 heterocycles. The fourth-order valence-corrected chi connectivity index (χ4v) is 1.89. The molecule has 50 valence electrons. The molecule has 2 heteroatoms.